The number of ether oxygens (including phenoxy) is 1. The summed E-state index contributed by atoms with van der Waals surface area (Å²) in [7, 11) is 0. The van der Waals surface area contributed by atoms with Crippen LogP contribution in [0.25, 0.3) is 5.65 Å². The zero-order valence-electron chi connectivity index (χ0n) is 17.4. The molecule has 6 nitrogen and oxygen atoms in total. The Morgan fingerprint density at radius 3 is 2.45 bits per heavy atom. The van der Waals surface area contributed by atoms with Crippen LogP contribution in [-0.4, -0.2) is 46.9 Å². The largest absolute Gasteiger partial charge is 0.379 e. The SMILES string of the molecule is Cc1cc(N2CCC(C)C2)cn2nc(C3COCC(N)C3)nc12.c1ccccc1. The van der Waals surface area contributed by atoms with E-state index in [0.29, 0.717) is 13.2 Å². The Labute approximate surface area is 172 Å². The van der Waals surface area contributed by atoms with Gasteiger partial charge in [-0.1, -0.05) is 43.3 Å². The summed E-state index contributed by atoms with van der Waals surface area (Å²) >= 11 is 0. The lowest BCUT2D eigenvalue weighted by Crippen LogP contribution is -2.35. The predicted octanol–water partition coefficient (Wildman–Crippen LogP) is 3.40. The molecule has 0 radical (unpaired) electrons. The quantitative estimate of drug-likeness (QED) is 0.723. The van der Waals surface area contributed by atoms with Crippen LogP contribution in [0, 0.1) is 12.8 Å². The highest BCUT2D eigenvalue weighted by Crippen LogP contribution is 2.27. The molecule has 6 heteroatoms. The van der Waals surface area contributed by atoms with Crippen LogP contribution < -0.4 is 10.6 Å². The summed E-state index contributed by atoms with van der Waals surface area (Å²) in [5.41, 5.74) is 9.36. The molecule has 29 heavy (non-hydrogen) atoms. The second-order valence-electron chi connectivity index (χ2n) is 8.34. The van der Waals surface area contributed by atoms with Crippen molar-refractivity contribution in [2.24, 2.45) is 11.7 Å². The summed E-state index contributed by atoms with van der Waals surface area (Å²) in [6.07, 6.45) is 4.27. The Bertz CT molecular complexity index is 899. The van der Waals surface area contributed by atoms with E-state index in [0.717, 1.165) is 36.9 Å². The first kappa shape index (κ1) is 19.9. The average molecular weight is 394 g/mol. The molecule has 4 heterocycles. The fourth-order valence-electron chi connectivity index (χ4n) is 4.09. The molecule has 1 aromatic carbocycles. The molecule has 0 amide bonds. The predicted molar refractivity (Wildman–Crippen MR) is 116 cm³/mol. The molecule has 0 spiro atoms. The van der Waals surface area contributed by atoms with E-state index in [1.165, 1.54) is 17.7 Å². The highest BCUT2D eigenvalue weighted by Gasteiger charge is 2.26. The molecule has 3 aromatic rings. The molecular weight excluding hydrogens is 362 g/mol. The summed E-state index contributed by atoms with van der Waals surface area (Å²) < 4.78 is 7.50. The van der Waals surface area contributed by atoms with E-state index in [2.05, 4.69) is 31.0 Å². The minimum atomic E-state index is 0.0862. The molecule has 5 rings (SSSR count). The fourth-order valence-corrected chi connectivity index (χ4v) is 4.09. The number of fused-ring (bicyclic) bond motifs is 1. The number of benzene rings is 1. The van der Waals surface area contributed by atoms with Crippen molar-refractivity contribution in [2.45, 2.75) is 38.6 Å². The Morgan fingerprint density at radius 2 is 1.83 bits per heavy atom. The number of hydrogen-bond acceptors (Lipinski definition) is 5. The average Bonchev–Trinajstić information content (AvgIpc) is 3.36. The first-order valence-corrected chi connectivity index (χ1v) is 10.6. The van der Waals surface area contributed by atoms with Gasteiger partial charge < -0.3 is 15.4 Å². The van der Waals surface area contributed by atoms with Gasteiger partial charge in [0.25, 0.3) is 0 Å². The van der Waals surface area contributed by atoms with Gasteiger partial charge in [0.1, 0.15) is 0 Å². The maximum Gasteiger partial charge on any atom is 0.158 e. The van der Waals surface area contributed by atoms with Gasteiger partial charge in [-0.25, -0.2) is 9.50 Å². The Balaban J connectivity index is 0.000000294. The molecule has 2 fully saturated rings. The van der Waals surface area contributed by atoms with Crippen molar-refractivity contribution >= 4 is 11.3 Å². The van der Waals surface area contributed by atoms with Crippen LogP contribution in [0.3, 0.4) is 0 Å². The molecule has 3 atom stereocenters. The maximum atomic E-state index is 6.01. The number of aryl methyl sites for hydroxylation is 1. The number of rotatable bonds is 2. The van der Waals surface area contributed by atoms with Crippen LogP contribution in [0.4, 0.5) is 5.69 Å². The first-order valence-electron chi connectivity index (χ1n) is 10.6. The number of nitrogens with two attached hydrogens (primary N) is 1. The van der Waals surface area contributed by atoms with E-state index in [9.17, 15) is 0 Å². The minimum Gasteiger partial charge on any atom is -0.379 e. The lowest BCUT2D eigenvalue weighted by molar-refractivity contribution is 0.0639. The van der Waals surface area contributed by atoms with Gasteiger partial charge in [-0.05, 0) is 37.3 Å². The van der Waals surface area contributed by atoms with Crippen molar-refractivity contribution in [2.75, 3.05) is 31.2 Å². The summed E-state index contributed by atoms with van der Waals surface area (Å²) in [4.78, 5) is 7.19. The van der Waals surface area contributed by atoms with Crippen molar-refractivity contribution in [3.63, 3.8) is 0 Å². The molecular formula is C23H31N5O. The first-order chi connectivity index (χ1) is 14.1. The molecule has 154 valence electrons. The van der Waals surface area contributed by atoms with E-state index in [-0.39, 0.29) is 12.0 Å². The van der Waals surface area contributed by atoms with Gasteiger partial charge in [0, 0.05) is 25.0 Å². The number of anilines is 1. The molecule has 2 aromatic heterocycles. The highest BCUT2D eigenvalue weighted by atomic mass is 16.5. The van der Waals surface area contributed by atoms with Gasteiger partial charge in [0.15, 0.2) is 11.5 Å². The van der Waals surface area contributed by atoms with Gasteiger partial charge in [0.05, 0.1) is 25.1 Å². The van der Waals surface area contributed by atoms with E-state index in [1.807, 2.05) is 40.9 Å². The summed E-state index contributed by atoms with van der Waals surface area (Å²) in [5, 5.41) is 4.73. The van der Waals surface area contributed by atoms with E-state index in [1.54, 1.807) is 0 Å². The standard InChI is InChI=1S/C17H25N5O.C6H6/c1-11-3-4-21(7-11)15-5-12(2)17-19-16(20-22(17)8-15)13-6-14(18)10-23-9-13;1-2-4-6-5-3-1/h5,8,11,13-14H,3-4,6-7,9-10,18H2,1-2H3;1-6H. The molecule has 2 saturated heterocycles. The highest BCUT2D eigenvalue weighted by molar-refractivity contribution is 5.57. The summed E-state index contributed by atoms with van der Waals surface area (Å²) in [5.74, 6) is 1.82. The number of aromatic nitrogens is 3. The zero-order chi connectivity index (χ0) is 20.2. The van der Waals surface area contributed by atoms with Crippen molar-refractivity contribution in [1.29, 1.82) is 0 Å². The van der Waals surface area contributed by atoms with E-state index >= 15 is 0 Å². The van der Waals surface area contributed by atoms with Crippen LogP contribution in [0.2, 0.25) is 0 Å². The summed E-state index contributed by atoms with van der Waals surface area (Å²) in [6.45, 7) is 7.97. The third kappa shape index (κ3) is 4.77. The fraction of sp³-hybridized carbons (Fsp3) is 0.478. The van der Waals surface area contributed by atoms with Crippen LogP contribution in [-0.2, 0) is 4.74 Å². The van der Waals surface area contributed by atoms with Gasteiger partial charge in [-0.3, -0.25) is 0 Å². The van der Waals surface area contributed by atoms with E-state index < -0.39 is 0 Å². The van der Waals surface area contributed by atoms with Crippen LogP contribution in [0.15, 0.2) is 48.7 Å². The van der Waals surface area contributed by atoms with Crippen LogP contribution >= 0.6 is 0 Å². The normalized spacial score (nSPS) is 24.4. The second kappa shape index (κ2) is 8.93. The van der Waals surface area contributed by atoms with Gasteiger partial charge in [-0.2, -0.15) is 5.10 Å². The zero-order valence-corrected chi connectivity index (χ0v) is 17.4. The third-order valence-electron chi connectivity index (χ3n) is 5.68. The van der Waals surface area contributed by atoms with Gasteiger partial charge in [0.2, 0.25) is 0 Å². The molecule has 2 aliphatic rings. The Hall–Kier alpha value is -2.44. The molecule has 2 N–H and O–H groups in total. The number of pyridine rings is 1. The molecule has 0 bridgehead atoms. The monoisotopic (exact) mass is 393 g/mol. The van der Waals surface area contributed by atoms with Gasteiger partial charge >= 0.3 is 0 Å². The molecule has 2 aliphatic heterocycles. The lowest BCUT2D eigenvalue weighted by atomic mass is 9.99. The number of nitrogens with zero attached hydrogens (tertiary/aromatic N) is 4. The van der Waals surface area contributed by atoms with Crippen molar-refractivity contribution in [3.05, 3.63) is 60.0 Å². The van der Waals surface area contributed by atoms with Crippen molar-refractivity contribution in [1.82, 2.24) is 14.6 Å². The minimum absolute atomic E-state index is 0.0862. The van der Waals surface area contributed by atoms with Crippen molar-refractivity contribution in [3.8, 4) is 0 Å². The third-order valence-corrected chi connectivity index (χ3v) is 5.68. The smallest absolute Gasteiger partial charge is 0.158 e. The van der Waals surface area contributed by atoms with Crippen LogP contribution in [0.1, 0.15) is 37.1 Å². The molecule has 3 unspecified atom stereocenters. The number of hydrogen-bond donors (Lipinski definition) is 1. The Morgan fingerprint density at radius 1 is 1.10 bits per heavy atom. The Kier molecular flexibility index (Phi) is 6.11. The second-order valence-corrected chi connectivity index (χ2v) is 8.34. The van der Waals surface area contributed by atoms with Crippen LogP contribution in [0.5, 0.6) is 0 Å². The summed E-state index contributed by atoms with van der Waals surface area (Å²) in [6, 6.07) is 14.3. The van der Waals surface area contributed by atoms with E-state index in [4.69, 9.17) is 20.6 Å². The molecule has 0 saturated carbocycles. The van der Waals surface area contributed by atoms with Crippen molar-refractivity contribution < 1.29 is 4.74 Å². The lowest BCUT2D eigenvalue weighted by Gasteiger charge is -2.24. The maximum absolute atomic E-state index is 6.01. The molecule has 0 aliphatic carbocycles. The van der Waals surface area contributed by atoms with Gasteiger partial charge in [-0.15, -0.1) is 0 Å². The topological polar surface area (TPSA) is 68.7 Å².